The van der Waals surface area contributed by atoms with Crippen molar-refractivity contribution in [3.63, 3.8) is 0 Å². The Hall–Kier alpha value is -0.210. The van der Waals surface area contributed by atoms with Crippen LogP contribution in [0.2, 0.25) is 0 Å². The summed E-state index contributed by atoms with van der Waals surface area (Å²) in [6.45, 7) is 4.26. The van der Waals surface area contributed by atoms with Crippen molar-refractivity contribution in [1.82, 2.24) is 13.9 Å². The van der Waals surface area contributed by atoms with E-state index in [1.807, 2.05) is 0 Å². The van der Waals surface area contributed by atoms with Crippen LogP contribution in [0.4, 0.5) is 0 Å². The van der Waals surface area contributed by atoms with Gasteiger partial charge in [-0.3, -0.25) is 0 Å². The molecule has 2 rings (SSSR count). The summed E-state index contributed by atoms with van der Waals surface area (Å²) in [5.41, 5.74) is 0. The van der Waals surface area contributed by atoms with Gasteiger partial charge in [-0.05, 0) is 52.1 Å². The summed E-state index contributed by atoms with van der Waals surface area (Å²) in [5, 5.41) is 9.11. The second kappa shape index (κ2) is 6.70. The molecule has 2 aliphatic rings. The molecule has 2 fully saturated rings. The highest BCUT2D eigenvalue weighted by Gasteiger charge is 2.31. The highest BCUT2D eigenvalue weighted by molar-refractivity contribution is 7.87. The number of hydrogen-bond acceptors (Lipinski definition) is 4. The first-order chi connectivity index (χ1) is 9.42. The first-order valence-corrected chi connectivity index (χ1v) is 8.95. The zero-order chi connectivity index (χ0) is 14.8. The van der Waals surface area contributed by atoms with Gasteiger partial charge in [-0.25, -0.2) is 0 Å². The monoisotopic (exact) mass is 305 g/mol. The van der Waals surface area contributed by atoms with Crippen LogP contribution in [0.3, 0.4) is 0 Å². The van der Waals surface area contributed by atoms with Gasteiger partial charge < -0.3 is 10.0 Å². The number of likely N-dealkylation sites (tertiary alicyclic amines) is 1. The summed E-state index contributed by atoms with van der Waals surface area (Å²) in [6.07, 6.45) is 3.23. The molecule has 7 heteroatoms. The Morgan fingerprint density at radius 2 is 1.85 bits per heavy atom. The molecule has 2 saturated heterocycles. The van der Waals surface area contributed by atoms with Crippen molar-refractivity contribution in [2.45, 2.75) is 44.7 Å². The van der Waals surface area contributed by atoms with Crippen LogP contribution in [0.15, 0.2) is 0 Å². The van der Waals surface area contributed by atoms with Crippen LogP contribution in [0.1, 0.15) is 32.6 Å². The second-order valence-electron chi connectivity index (χ2n) is 6.20. The molecule has 118 valence electrons. The molecule has 0 aromatic heterocycles. The minimum Gasteiger partial charge on any atom is -0.396 e. The van der Waals surface area contributed by atoms with Gasteiger partial charge in [0.15, 0.2) is 0 Å². The molecule has 2 heterocycles. The highest BCUT2D eigenvalue weighted by atomic mass is 32.2. The van der Waals surface area contributed by atoms with Crippen molar-refractivity contribution in [1.29, 1.82) is 0 Å². The number of aliphatic hydroxyl groups excluding tert-OH is 1. The van der Waals surface area contributed by atoms with Gasteiger partial charge >= 0.3 is 0 Å². The van der Waals surface area contributed by atoms with Gasteiger partial charge in [-0.2, -0.15) is 17.4 Å². The fraction of sp³-hybridized carbons (Fsp3) is 1.00. The average molecular weight is 305 g/mol. The van der Waals surface area contributed by atoms with E-state index in [0.717, 1.165) is 32.2 Å². The maximum Gasteiger partial charge on any atom is 0.279 e. The van der Waals surface area contributed by atoms with Crippen molar-refractivity contribution in [3.05, 3.63) is 0 Å². The second-order valence-corrected chi connectivity index (χ2v) is 7.90. The van der Waals surface area contributed by atoms with Crippen molar-refractivity contribution in [2.75, 3.05) is 33.3 Å². The standard InChI is InChI=1S/C13H27N3O3S/c1-11-9-13(5-6-15(11)2)14-20(18,19)16-7-3-12(10-17)4-8-16/h11-14,17H,3-10H2,1-2H3. The Morgan fingerprint density at radius 3 is 2.40 bits per heavy atom. The van der Waals surface area contributed by atoms with Crippen LogP contribution in [-0.4, -0.2) is 68.1 Å². The van der Waals surface area contributed by atoms with Gasteiger partial charge in [0.05, 0.1) is 0 Å². The predicted molar refractivity (Wildman–Crippen MR) is 78.6 cm³/mol. The molecular formula is C13H27N3O3S. The van der Waals surface area contributed by atoms with E-state index in [9.17, 15) is 8.42 Å². The molecule has 0 saturated carbocycles. The maximum absolute atomic E-state index is 12.4. The molecule has 0 amide bonds. The smallest absolute Gasteiger partial charge is 0.279 e. The molecule has 6 nitrogen and oxygen atoms in total. The van der Waals surface area contributed by atoms with Gasteiger partial charge in [-0.1, -0.05) is 0 Å². The van der Waals surface area contributed by atoms with Crippen LogP contribution in [-0.2, 0) is 10.2 Å². The van der Waals surface area contributed by atoms with Crippen molar-refractivity contribution < 1.29 is 13.5 Å². The Labute approximate surface area is 122 Å². The molecule has 2 atom stereocenters. The lowest BCUT2D eigenvalue weighted by Gasteiger charge is -2.37. The van der Waals surface area contributed by atoms with E-state index in [4.69, 9.17) is 5.11 Å². The number of rotatable bonds is 4. The zero-order valence-electron chi connectivity index (χ0n) is 12.5. The number of nitrogens with zero attached hydrogens (tertiary/aromatic N) is 2. The van der Waals surface area contributed by atoms with E-state index in [0.29, 0.717) is 19.1 Å². The number of aliphatic hydroxyl groups is 1. The molecule has 0 aromatic rings. The van der Waals surface area contributed by atoms with Crippen LogP contribution in [0.5, 0.6) is 0 Å². The third-order valence-electron chi connectivity index (χ3n) is 4.70. The highest BCUT2D eigenvalue weighted by Crippen LogP contribution is 2.20. The lowest BCUT2D eigenvalue weighted by atomic mass is 10.00. The maximum atomic E-state index is 12.4. The summed E-state index contributed by atoms with van der Waals surface area (Å²) in [5.74, 6) is 0.254. The quantitative estimate of drug-likeness (QED) is 0.767. The normalized spacial score (nSPS) is 31.6. The topological polar surface area (TPSA) is 72.9 Å². The van der Waals surface area contributed by atoms with Gasteiger partial charge in [-0.15, -0.1) is 0 Å². The molecule has 0 radical (unpaired) electrons. The van der Waals surface area contributed by atoms with Crippen LogP contribution < -0.4 is 4.72 Å². The fourth-order valence-corrected chi connectivity index (χ4v) is 4.49. The summed E-state index contributed by atoms with van der Waals surface area (Å²) in [4.78, 5) is 2.26. The lowest BCUT2D eigenvalue weighted by molar-refractivity contribution is 0.164. The average Bonchev–Trinajstić information content (AvgIpc) is 2.43. The van der Waals surface area contributed by atoms with E-state index >= 15 is 0 Å². The SMILES string of the molecule is CC1CC(NS(=O)(=O)N2CCC(CO)CC2)CCN1C. The summed E-state index contributed by atoms with van der Waals surface area (Å²) < 4.78 is 29.1. The first-order valence-electron chi connectivity index (χ1n) is 7.51. The minimum atomic E-state index is -3.37. The van der Waals surface area contributed by atoms with E-state index in [2.05, 4.69) is 23.6 Å². The van der Waals surface area contributed by atoms with Gasteiger partial charge in [0.25, 0.3) is 10.2 Å². The van der Waals surface area contributed by atoms with Gasteiger partial charge in [0, 0.05) is 31.8 Å². The van der Waals surface area contributed by atoms with Crippen molar-refractivity contribution in [2.24, 2.45) is 5.92 Å². The first kappa shape index (κ1) is 16.2. The Bertz CT molecular complexity index is 407. The summed E-state index contributed by atoms with van der Waals surface area (Å²) in [7, 11) is -1.29. The molecule has 20 heavy (non-hydrogen) atoms. The third kappa shape index (κ3) is 3.92. The lowest BCUT2D eigenvalue weighted by Crippen LogP contribution is -2.52. The molecule has 0 spiro atoms. The fourth-order valence-electron chi connectivity index (χ4n) is 3.01. The molecule has 0 bridgehead atoms. The minimum absolute atomic E-state index is 0.0433. The van der Waals surface area contributed by atoms with Crippen LogP contribution in [0, 0.1) is 5.92 Å². The molecule has 2 aliphatic heterocycles. The van der Waals surface area contributed by atoms with E-state index in [1.165, 1.54) is 4.31 Å². The van der Waals surface area contributed by atoms with E-state index < -0.39 is 10.2 Å². The molecule has 0 aliphatic carbocycles. The van der Waals surface area contributed by atoms with Crippen molar-refractivity contribution >= 4 is 10.2 Å². The van der Waals surface area contributed by atoms with Crippen LogP contribution >= 0.6 is 0 Å². The zero-order valence-corrected chi connectivity index (χ0v) is 13.3. The van der Waals surface area contributed by atoms with Gasteiger partial charge in [0.1, 0.15) is 0 Å². The Balaban J connectivity index is 1.88. The Morgan fingerprint density at radius 1 is 1.20 bits per heavy atom. The third-order valence-corrected chi connectivity index (χ3v) is 6.37. The Kier molecular flexibility index (Phi) is 5.42. The molecular weight excluding hydrogens is 278 g/mol. The molecule has 2 unspecified atom stereocenters. The largest absolute Gasteiger partial charge is 0.396 e. The van der Waals surface area contributed by atoms with Crippen molar-refractivity contribution in [3.8, 4) is 0 Å². The number of piperidine rings is 2. The summed E-state index contributed by atoms with van der Waals surface area (Å²) in [6, 6.07) is 0.457. The van der Waals surface area contributed by atoms with Gasteiger partial charge in [0.2, 0.25) is 0 Å². The molecule has 0 aromatic carbocycles. The van der Waals surface area contributed by atoms with E-state index in [-0.39, 0.29) is 18.6 Å². The predicted octanol–water partition coefficient (Wildman–Crippen LogP) is 0.00780. The number of nitrogens with one attached hydrogen (secondary N) is 1. The van der Waals surface area contributed by atoms with E-state index in [1.54, 1.807) is 0 Å². The molecule has 2 N–H and O–H groups in total. The number of hydrogen-bond donors (Lipinski definition) is 2. The summed E-state index contributed by atoms with van der Waals surface area (Å²) >= 11 is 0. The van der Waals surface area contributed by atoms with Crippen LogP contribution in [0.25, 0.3) is 0 Å².